The molecule has 20 heavy (non-hydrogen) atoms. The summed E-state index contributed by atoms with van der Waals surface area (Å²) in [6, 6.07) is 14.1. The summed E-state index contributed by atoms with van der Waals surface area (Å²) in [4.78, 5) is 10.3. The predicted molar refractivity (Wildman–Crippen MR) is 85.9 cm³/mol. The number of hydrogen-bond acceptors (Lipinski definition) is 4. The fourth-order valence-electron chi connectivity index (χ4n) is 2.34. The molecule has 0 aliphatic carbocycles. The van der Waals surface area contributed by atoms with Crippen LogP contribution in [0, 0.1) is 6.92 Å². The van der Waals surface area contributed by atoms with E-state index < -0.39 is 0 Å². The maximum Gasteiger partial charge on any atom is 0.163 e. The van der Waals surface area contributed by atoms with Gasteiger partial charge in [-0.05, 0) is 30.9 Å². The smallest absolute Gasteiger partial charge is 0.163 e. The molecule has 0 amide bonds. The minimum Gasteiger partial charge on any atom is -0.383 e. The lowest BCUT2D eigenvalue weighted by Gasteiger charge is -2.09. The van der Waals surface area contributed by atoms with Crippen LogP contribution in [-0.2, 0) is 0 Å². The van der Waals surface area contributed by atoms with Crippen molar-refractivity contribution in [3.8, 4) is 11.4 Å². The fraction of sp³-hybridized carbons (Fsp3) is 0.125. The number of hydrogen-bond donors (Lipinski definition) is 1. The van der Waals surface area contributed by atoms with Gasteiger partial charge in [0.2, 0.25) is 0 Å². The highest BCUT2D eigenvalue weighted by atomic mass is 32.2. The summed E-state index contributed by atoms with van der Waals surface area (Å²) in [5.74, 6) is 1.23. The van der Waals surface area contributed by atoms with Crippen molar-refractivity contribution in [2.75, 3.05) is 12.0 Å². The van der Waals surface area contributed by atoms with Crippen molar-refractivity contribution in [3.05, 3.63) is 48.0 Å². The zero-order valence-electron chi connectivity index (χ0n) is 11.4. The molecule has 3 rings (SSSR count). The average Bonchev–Trinajstić information content (AvgIpc) is 2.47. The number of nitrogen functional groups attached to an aromatic ring is 1. The Morgan fingerprint density at radius 3 is 2.60 bits per heavy atom. The van der Waals surface area contributed by atoms with Crippen LogP contribution in [0.4, 0.5) is 5.82 Å². The highest BCUT2D eigenvalue weighted by molar-refractivity contribution is 7.98. The van der Waals surface area contributed by atoms with E-state index >= 15 is 0 Å². The Labute approximate surface area is 122 Å². The lowest BCUT2D eigenvalue weighted by molar-refractivity contribution is 1.21. The molecule has 1 heterocycles. The van der Waals surface area contributed by atoms with Crippen molar-refractivity contribution in [1.82, 2.24) is 9.97 Å². The standard InChI is InChI=1S/C16H15N3S/c1-10-6-5-8-12-14(10)15(17)19-16(18-12)11-7-3-4-9-13(11)20-2/h3-9H,1-2H3,(H2,17,18,19). The van der Waals surface area contributed by atoms with Gasteiger partial charge in [0.05, 0.1) is 5.52 Å². The van der Waals surface area contributed by atoms with Gasteiger partial charge in [-0.2, -0.15) is 0 Å². The van der Waals surface area contributed by atoms with E-state index in [-0.39, 0.29) is 0 Å². The minimum absolute atomic E-state index is 0.541. The summed E-state index contributed by atoms with van der Waals surface area (Å²) in [5, 5.41) is 0.942. The van der Waals surface area contributed by atoms with Crippen molar-refractivity contribution in [2.45, 2.75) is 11.8 Å². The Balaban J connectivity index is 2.28. The van der Waals surface area contributed by atoms with Crippen molar-refractivity contribution >= 4 is 28.5 Å². The Morgan fingerprint density at radius 1 is 1.00 bits per heavy atom. The van der Waals surface area contributed by atoms with Crippen LogP contribution >= 0.6 is 11.8 Å². The molecule has 1 aromatic heterocycles. The van der Waals surface area contributed by atoms with Gasteiger partial charge in [0.1, 0.15) is 5.82 Å². The van der Waals surface area contributed by atoms with E-state index in [0.717, 1.165) is 26.9 Å². The summed E-state index contributed by atoms with van der Waals surface area (Å²) >= 11 is 1.68. The number of thioether (sulfide) groups is 1. The summed E-state index contributed by atoms with van der Waals surface area (Å²) in [6.07, 6.45) is 2.05. The molecular formula is C16H15N3S. The first-order valence-electron chi connectivity index (χ1n) is 6.37. The molecule has 0 saturated heterocycles. The van der Waals surface area contributed by atoms with Gasteiger partial charge in [0, 0.05) is 15.8 Å². The van der Waals surface area contributed by atoms with Gasteiger partial charge in [-0.3, -0.25) is 0 Å². The molecule has 100 valence electrons. The summed E-state index contributed by atoms with van der Waals surface area (Å²) in [7, 11) is 0. The molecule has 0 aliphatic rings. The molecule has 0 saturated carbocycles. The third kappa shape index (κ3) is 2.12. The molecule has 3 nitrogen and oxygen atoms in total. The van der Waals surface area contributed by atoms with Crippen molar-refractivity contribution in [1.29, 1.82) is 0 Å². The Hall–Kier alpha value is -2.07. The molecule has 2 N–H and O–H groups in total. The average molecular weight is 281 g/mol. The zero-order valence-corrected chi connectivity index (χ0v) is 12.2. The van der Waals surface area contributed by atoms with Crippen LogP contribution in [-0.4, -0.2) is 16.2 Å². The summed E-state index contributed by atoms with van der Waals surface area (Å²) in [5.41, 5.74) is 9.15. The highest BCUT2D eigenvalue weighted by Gasteiger charge is 2.11. The number of nitrogens with zero attached hydrogens (tertiary/aromatic N) is 2. The van der Waals surface area contributed by atoms with E-state index in [1.54, 1.807) is 11.8 Å². The molecule has 0 radical (unpaired) electrons. The van der Waals surface area contributed by atoms with Crippen LogP contribution in [0.3, 0.4) is 0 Å². The Morgan fingerprint density at radius 2 is 1.80 bits per heavy atom. The van der Waals surface area contributed by atoms with E-state index in [4.69, 9.17) is 5.73 Å². The van der Waals surface area contributed by atoms with Gasteiger partial charge in [0.15, 0.2) is 5.82 Å². The van der Waals surface area contributed by atoms with E-state index in [1.165, 1.54) is 0 Å². The van der Waals surface area contributed by atoms with Crippen LogP contribution in [0.2, 0.25) is 0 Å². The number of anilines is 1. The SMILES string of the molecule is CSc1ccccc1-c1nc(N)c2c(C)cccc2n1. The van der Waals surface area contributed by atoms with Crippen LogP contribution < -0.4 is 5.73 Å². The molecule has 0 aliphatic heterocycles. The maximum absolute atomic E-state index is 6.13. The van der Waals surface area contributed by atoms with Crippen LogP contribution in [0.1, 0.15) is 5.56 Å². The fourth-order valence-corrected chi connectivity index (χ4v) is 2.93. The van der Waals surface area contributed by atoms with Gasteiger partial charge in [-0.15, -0.1) is 11.8 Å². The number of nitrogens with two attached hydrogens (primary N) is 1. The first-order chi connectivity index (χ1) is 9.70. The van der Waals surface area contributed by atoms with Gasteiger partial charge >= 0.3 is 0 Å². The van der Waals surface area contributed by atoms with E-state index in [9.17, 15) is 0 Å². The lowest BCUT2D eigenvalue weighted by atomic mass is 10.1. The second-order valence-corrected chi connectivity index (χ2v) is 5.45. The number of aryl methyl sites for hydroxylation is 1. The molecule has 0 bridgehead atoms. The number of rotatable bonds is 2. The normalized spacial score (nSPS) is 10.9. The van der Waals surface area contributed by atoms with Crippen molar-refractivity contribution in [2.24, 2.45) is 0 Å². The Kier molecular flexibility index (Phi) is 3.32. The number of benzene rings is 2. The third-order valence-corrected chi connectivity index (χ3v) is 4.10. The summed E-state index contributed by atoms with van der Waals surface area (Å²) < 4.78 is 0. The maximum atomic E-state index is 6.13. The molecule has 2 aromatic carbocycles. The number of aromatic nitrogens is 2. The quantitative estimate of drug-likeness (QED) is 0.724. The molecule has 3 aromatic rings. The van der Waals surface area contributed by atoms with Gasteiger partial charge in [-0.1, -0.05) is 30.3 Å². The van der Waals surface area contributed by atoms with Crippen molar-refractivity contribution < 1.29 is 0 Å². The van der Waals surface area contributed by atoms with Crippen LogP contribution in [0.15, 0.2) is 47.4 Å². The molecular weight excluding hydrogens is 266 g/mol. The summed E-state index contributed by atoms with van der Waals surface area (Å²) in [6.45, 7) is 2.03. The molecule has 0 atom stereocenters. The molecule has 0 fully saturated rings. The van der Waals surface area contributed by atoms with Crippen LogP contribution in [0.5, 0.6) is 0 Å². The Bertz CT molecular complexity index is 784. The zero-order chi connectivity index (χ0) is 14.1. The minimum atomic E-state index is 0.541. The topological polar surface area (TPSA) is 51.8 Å². The molecule has 0 spiro atoms. The largest absolute Gasteiger partial charge is 0.383 e. The highest BCUT2D eigenvalue weighted by Crippen LogP contribution is 2.30. The lowest BCUT2D eigenvalue weighted by Crippen LogP contribution is -1.99. The van der Waals surface area contributed by atoms with E-state index in [1.807, 2.05) is 49.6 Å². The van der Waals surface area contributed by atoms with Crippen LogP contribution in [0.25, 0.3) is 22.3 Å². The van der Waals surface area contributed by atoms with Gasteiger partial charge in [-0.25, -0.2) is 9.97 Å². The molecule has 4 heteroatoms. The second-order valence-electron chi connectivity index (χ2n) is 4.60. The van der Waals surface area contributed by atoms with Crippen molar-refractivity contribution in [3.63, 3.8) is 0 Å². The van der Waals surface area contributed by atoms with E-state index in [2.05, 4.69) is 16.0 Å². The first kappa shape index (κ1) is 12.9. The first-order valence-corrected chi connectivity index (χ1v) is 7.59. The number of fused-ring (bicyclic) bond motifs is 1. The van der Waals surface area contributed by atoms with Gasteiger partial charge in [0.25, 0.3) is 0 Å². The van der Waals surface area contributed by atoms with E-state index in [0.29, 0.717) is 11.6 Å². The molecule has 0 unspecified atom stereocenters. The monoisotopic (exact) mass is 281 g/mol. The second kappa shape index (κ2) is 5.13. The third-order valence-electron chi connectivity index (χ3n) is 3.31. The predicted octanol–water partition coefficient (Wildman–Crippen LogP) is 3.91. The van der Waals surface area contributed by atoms with Gasteiger partial charge < -0.3 is 5.73 Å².